The molecule has 2 rings (SSSR count). The lowest BCUT2D eigenvalue weighted by Gasteiger charge is -2.32. The normalized spacial score (nSPS) is 21.1. The predicted molar refractivity (Wildman–Crippen MR) is 81.9 cm³/mol. The van der Waals surface area contributed by atoms with E-state index in [2.05, 4.69) is 0 Å². The van der Waals surface area contributed by atoms with E-state index in [1.54, 1.807) is 0 Å². The zero-order chi connectivity index (χ0) is 15.7. The highest BCUT2D eigenvalue weighted by molar-refractivity contribution is 6.48. The van der Waals surface area contributed by atoms with Crippen molar-refractivity contribution in [1.82, 2.24) is 0 Å². The first-order chi connectivity index (χ1) is 9.77. The summed E-state index contributed by atoms with van der Waals surface area (Å²) in [5.41, 5.74) is 0.183. The van der Waals surface area contributed by atoms with Gasteiger partial charge in [0.15, 0.2) is 0 Å². The lowest BCUT2D eigenvalue weighted by Crippen LogP contribution is -2.41. The molecule has 1 unspecified atom stereocenters. The fraction of sp³-hybridized carbons (Fsp3) is 0.562. The molecule has 1 aromatic carbocycles. The third-order valence-electron chi connectivity index (χ3n) is 4.44. The maximum Gasteiger partial charge on any atom is 0.466 e. The van der Waals surface area contributed by atoms with Gasteiger partial charge >= 0.3 is 13.1 Å². The molecule has 1 fully saturated rings. The Labute approximate surface area is 126 Å². The molecule has 1 saturated heterocycles. The summed E-state index contributed by atoms with van der Waals surface area (Å²) in [7, 11) is 0.936. The molecule has 1 aliphatic heterocycles. The van der Waals surface area contributed by atoms with Crippen molar-refractivity contribution in [1.29, 1.82) is 0 Å². The summed E-state index contributed by atoms with van der Waals surface area (Å²) in [6, 6.07) is 9.82. The van der Waals surface area contributed by atoms with Gasteiger partial charge in [-0.1, -0.05) is 30.3 Å². The summed E-state index contributed by atoms with van der Waals surface area (Å²) < 4.78 is 17.0. The third-order valence-corrected chi connectivity index (χ3v) is 4.44. The highest BCUT2D eigenvalue weighted by Gasteiger charge is 2.54. The van der Waals surface area contributed by atoms with Crippen LogP contribution in [0.1, 0.15) is 45.5 Å². The van der Waals surface area contributed by atoms with Crippen molar-refractivity contribution < 1.29 is 18.8 Å². The van der Waals surface area contributed by atoms with Gasteiger partial charge in [0.05, 0.1) is 24.7 Å². The highest BCUT2D eigenvalue weighted by Crippen LogP contribution is 2.41. The molecule has 0 radical (unpaired) electrons. The lowest BCUT2D eigenvalue weighted by atomic mass is 9.66. The van der Waals surface area contributed by atoms with Gasteiger partial charge in [-0.25, -0.2) is 0 Å². The van der Waals surface area contributed by atoms with Gasteiger partial charge in [0.25, 0.3) is 0 Å². The number of carbonyl (C=O) groups excluding carboxylic acids is 1. The molecule has 1 heterocycles. The summed E-state index contributed by atoms with van der Waals surface area (Å²) >= 11 is 0. The van der Waals surface area contributed by atoms with Crippen molar-refractivity contribution in [3.05, 3.63) is 35.9 Å². The summed E-state index contributed by atoms with van der Waals surface area (Å²) in [4.78, 5) is 11.7. The van der Waals surface area contributed by atoms with Crippen LogP contribution in [0.3, 0.4) is 0 Å². The van der Waals surface area contributed by atoms with Crippen LogP contribution < -0.4 is 0 Å². The molecule has 114 valence electrons. The Morgan fingerprint density at radius 2 is 1.67 bits per heavy atom. The summed E-state index contributed by atoms with van der Waals surface area (Å²) in [6.45, 7) is 8.03. The minimum Gasteiger partial charge on any atom is -0.469 e. The van der Waals surface area contributed by atoms with Crippen molar-refractivity contribution in [3.8, 4) is 0 Å². The maximum atomic E-state index is 11.7. The first kappa shape index (κ1) is 16.1. The Kier molecular flexibility index (Phi) is 4.44. The largest absolute Gasteiger partial charge is 0.469 e. The molecule has 1 aromatic rings. The number of ether oxygens (including phenoxy) is 1. The number of esters is 1. The quantitative estimate of drug-likeness (QED) is 0.631. The number of rotatable bonds is 4. The number of methoxy groups -OCH3 is 1. The molecule has 5 heteroatoms. The van der Waals surface area contributed by atoms with Crippen LogP contribution in [0.25, 0.3) is 0 Å². The molecule has 0 bridgehead atoms. The SMILES string of the molecule is COC(=O)CC(B1OC(C)(C)C(C)(C)O1)c1ccccc1. The Morgan fingerprint density at radius 1 is 1.14 bits per heavy atom. The second kappa shape index (κ2) is 5.81. The smallest absolute Gasteiger partial charge is 0.466 e. The van der Waals surface area contributed by atoms with Gasteiger partial charge in [-0.05, 0) is 33.3 Å². The van der Waals surface area contributed by atoms with Gasteiger partial charge in [-0.3, -0.25) is 4.79 Å². The lowest BCUT2D eigenvalue weighted by molar-refractivity contribution is -0.140. The number of hydrogen-bond acceptors (Lipinski definition) is 4. The van der Waals surface area contributed by atoms with E-state index in [1.165, 1.54) is 7.11 Å². The van der Waals surface area contributed by atoms with Gasteiger partial charge in [0.1, 0.15) is 0 Å². The molecule has 0 amide bonds. The first-order valence-corrected chi connectivity index (χ1v) is 7.24. The Balaban J connectivity index is 2.27. The van der Waals surface area contributed by atoms with Crippen LogP contribution in [0, 0.1) is 0 Å². The summed E-state index contributed by atoms with van der Waals surface area (Å²) in [6.07, 6.45) is 0.233. The second-order valence-corrected chi connectivity index (χ2v) is 6.42. The van der Waals surface area contributed by atoms with Crippen LogP contribution in [0.5, 0.6) is 0 Å². The third kappa shape index (κ3) is 3.30. The minimum absolute atomic E-state index is 0.181. The summed E-state index contributed by atoms with van der Waals surface area (Å²) in [5.74, 6) is -0.446. The Hall–Kier alpha value is -1.33. The molecular weight excluding hydrogens is 267 g/mol. The molecule has 1 atom stereocenters. The topological polar surface area (TPSA) is 44.8 Å². The van der Waals surface area contributed by atoms with Gasteiger partial charge in [0.2, 0.25) is 0 Å². The van der Waals surface area contributed by atoms with Gasteiger partial charge < -0.3 is 14.0 Å². The van der Waals surface area contributed by atoms with Gasteiger partial charge in [-0.15, -0.1) is 0 Å². The Bertz CT molecular complexity index is 482. The Morgan fingerprint density at radius 3 is 2.14 bits per heavy atom. The van der Waals surface area contributed by atoms with Crippen LogP contribution in [0.15, 0.2) is 30.3 Å². The maximum absolute atomic E-state index is 11.7. The molecule has 0 aliphatic carbocycles. The molecule has 0 spiro atoms. The van der Waals surface area contributed by atoms with Crippen LogP contribution in [0.2, 0.25) is 0 Å². The van der Waals surface area contributed by atoms with Crippen LogP contribution in [-0.4, -0.2) is 31.4 Å². The molecular formula is C16H23BO4. The van der Waals surface area contributed by atoms with E-state index in [4.69, 9.17) is 14.0 Å². The molecule has 0 N–H and O–H groups in total. The molecule has 1 aliphatic rings. The fourth-order valence-electron chi connectivity index (χ4n) is 2.39. The molecule has 0 aromatic heterocycles. The van der Waals surface area contributed by atoms with Crippen LogP contribution in [0.4, 0.5) is 0 Å². The highest BCUT2D eigenvalue weighted by atomic mass is 16.7. The molecule has 21 heavy (non-hydrogen) atoms. The average molecular weight is 290 g/mol. The van der Waals surface area contributed by atoms with E-state index in [1.807, 2.05) is 58.0 Å². The van der Waals surface area contributed by atoms with E-state index in [-0.39, 0.29) is 18.2 Å². The van der Waals surface area contributed by atoms with Crippen molar-refractivity contribution in [2.24, 2.45) is 0 Å². The van der Waals surface area contributed by atoms with E-state index in [0.29, 0.717) is 0 Å². The van der Waals surface area contributed by atoms with Gasteiger partial charge in [0, 0.05) is 5.82 Å². The van der Waals surface area contributed by atoms with Crippen LogP contribution >= 0.6 is 0 Å². The number of carbonyl (C=O) groups is 1. The fourth-order valence-corrected chi connectivity index (χ4v) is 2.39. The zero-order valence-electron chi connectivity index (χ0n) is 13.4. The monoisotopic (exact) mass is 290 g/mol. The van der Waals surface area contributed by atoms with Gasteiger partial charge in [-0.2, -0.15) is 0 Å². The number of benzene rings is 1. The second-order valence-electron chi connectivity index (χ2n) is 6.42. The van der Waals surface area contributed by atoms with E-state index in [9.17, 15) is 4.79 Å². The zero-order valence-corrected chi connectivity index (χ0v) is 13.4. The van der Waals surface area contributed by atoms with E-state index in [0.717, 1.165) is 5.56 Å². The van der Waals surface area contributed by atoms with E-state index >= 15 is 0 Å². The minimum atomic E-state index is -0.462. The van der Waals surface area contributed by atoms with Crippen molar-refractivity contribution in [3.63, 3.8) is 0 Å². The van der Waals surface area contributed by atoms with E-state index < -0.39 is 18.3 Å². The molecule has 4 nitrogen and oxygen atoms in total. The van der Waals surface area contributed by atoms with Crippen molar-refractivity contribution >= 4 is 13.1 Å². The number of hydrogen-bond donors (Lipinski definition) is 0. The van der Waals surface area contributed by atoms with Crippen LogP contribution in [-0.2, 0) is 18.8 Å². The standard InChI is InChI=1S/C16H23BO4/c1-15(2)16(3,4)21-17(20-15)13(11-14(18)19-5)12-9-7-6-8-10-12/h6-10,13H,11H2,1-5H3. The summed E-state index contributed by atoms with van der Waals surface area (Å²) in [5, 5.41) is 0. The van der Waals surface area contributed by atoms with Crippen molar-refractivity contribution in [2.75, 3.05) is 7.11 Å². The first-order valence-electron chi connectivity index (χ1n) is 7.24. The predicted octanol–water partition coefficient (Wildman–Crippen LogP) is 2.96. The average Bonchev–Trinajstić information content (AvgIpc) is 2.65. The molecule has 0 saturated carbocycles. The van der Waals surface area contributed by atoms with Crippen molar-refractivity contribution in [2.45, 2.75) is 51.1 Å².